The summed E-state index contributed by atoms with van der Waals surface area (Å²) in [5.74, 6) is 1.10. The first-order valence-corrected chi connectivity index (χ1v) is 9.51. The Morgan fingerprint density at radius 3 is 2.38 bits per heavy atom. The van der Waals surface area contributed by atoms with E-state index >= 15 is 0 Å². The second-order valence-corrected chi connectivity index (χ2v) is 7.47. The molecular weight excluding hydrogens is 322 g/mol. The molecule has 1 saturated carbocycles. The normalized spacial score (nSPS) is 18.5. The number of aryl methyl sites for hydroxylation is 1. The van der Waals surface area contributed by atoms with Crippen LogP contribution in [0.1, 0.15) is 42.5 Å². The number of rotatable bonds is 5. The van der Waals surface area contributed by atoms with Gasteiger partial charge in [-0.05, 0) is 50.3 Å². The molecule has 1 aromatic heterocycles. The predicted molar refractivity (Wildman–Crippen MR) is 102 cm³/mol. The summed E-state index contributed by atoms with van der Waals surface area (Å²) >= 11 is 0. The van der Waals surface area contributed by atoms with Crippen LogP contribution in [0.4, 0.5) is 5.82 Å². The second-order valence-electron chi connectivity index (χ2n) is 7.47. The molecule has 0 bridgehead atoms. The number of anilines is 1. The third-order valence-corrected chi connectivity index (χ3v) is 5.43. The van der Waals surface area contributed by atoms with Crippen LogP contribution in [0.3, 0.4) is 0 Å². The highest BCUT2D eigenvalue weighted by molar-refractivity contribution is 5.43. The fraction of sp³-hybridized carbons (Fsp3) is 0.476. The molecule has 0 atom stereocenters. The van der Waals surface area contributed by atoms with Crippen LogP contribution in [0, 0.1) is 18.3 Å². The zero-order valence-corrected chi connectivity index (χ0v) is 15.3. The van der Waals surface area contributed by atoms with Crippen LogP contribution in [0.5, 0.6) is 0 Å². The number of aromatic nitrogens is 2. The van der Waals surface area contributed by atoms with E-state index in [1.165, 1.54) is 31.2 Å². The largest absolute Gasteiger partial charge is 0.350 e. The van der Waals surface area contributed by atoms with E-state index in [1.807, 2.05) is 19.1 Å². The second kappa shape index (κ2) is 7.43. The number of nitriles is 1. The molecule has 1 aliphatic heterocycles. The summed E-state index contributed by atoms with van der Waals surface area (Å²) in [4.78, 5) is 13.9. The molecule has 2 heterocycles. The van der Waals surface area contributed by atoms with Crippen LogP contribution < -0.4 is 4.90 Å². The van der Waals surface area contributed by atoms with Crippen molar-refractivity contribution in [3.05, 3.63) is 53.5 Å². The molecular formula is C21H25N5. The van der Waals surface area contributed by atoms with Crippen LogP contribution in [-0.2, 0) is 6.54 Å². The first-order chi connectivity index (χ1) is 12.7. The van der Waals surface area contributed by atoms with Gasteiger partial charge in [0.05, 0.1) is 11.6 Å². The smallest absolute Gasteiger partial charge is 0.132 e. The van der Waals surface area contributed by atoms with Gasteiger partial charge < -0.3 is 4.90 Å². The molecule has 134 valence electrons. The van der Waals surface area contributed by atoms with E-state index in [4.69, 9.17) is 5.26 Å². The zero-order valence-electron chi connectivity index (χ0n) is 15.3. The van der Waals surface area contributed by atoms with Crippen molar-refractivity contribution in [3.8, 4) is 6.07 Å². The molecule has 5 heteroatoms. The molecule has 2 aromatic rings. The summed E-state index contributed by atoms with van der Waals surface area (Å²) in [6, 6.07) is 13.5. The first kappa shape index (κ1) is 17.0. The summed E-state index contributed by atoms with van der Waals surface area (Å²) < 4.78 is 0. The number of hydrogen-bond acceptors (Lipinski definition) is 5. The van der Waals surface area contributed by atoms with Gasteiger partial charge in [-0.2, -0.15) is 5.26 Å². The van der Waals surface area contributed by atoms with Crippen LogP contribution in [0.25, 0.3) is 0 Å². The Hall–Kier alpha value is -2.45. The molecule has 0 amide bonds. The molecule has 2 aliphatic rings. The van der Waals surface area contributed by atoms with Crippen LogP contribution in [0.15, 0.2) is 36.7 Å². The molecule has 26 heavy (non-hydrogen) atoms. The molecule has 5 nitrogen and oxygen atoms in total. The molecule has 0 N–H and O–H groups in total. The minimum atomic E-state index is 0.578. The van der Waals surface area contributed by atoms with Crippen molar-refractivity contribution >= 4 is 5.82 Å². The molecule has 2 fully saturated rings. The molecule has 1 aliphatic carbocycles. The van der Waals surface area contributed by atoms with E-state index in [1.54, 1.807) is 6.33 Å². The lowest BCUT2D eigenvalue weighted by Gasteiger charge is -2.39. The molecule has 4 rings (SSSR count). The lowest BCUT2D eigenvalue weighted by molar-refractivity contribution is 0.200. The Morgan fingerprint density at radius 2 is 1.77 bits per heavy atom. The SMILES string of the molecule is Cc1cc(N(C2CC2)C2CCN(Cc3ccc(C#N)cc3)CC2)ncn1. The summed E-state index contributed by atoms with van der Waals surface area (Å²) in [5.41, 5.74) is 3.06. The molecule has 0 unspecified atom stereocenters. The average molecular weight is 347 g/mol. The molecule has 0 radical (unpaired) electrons. The van der Waals surface area contributed by atoms with Gasteiger partial charge in [0.15, 0.2) is 0 Å². The molecule has 0 spiro atoms. The zero-order chi connectivity index (χ0) is 17.9. The fourth-order valence-corrected chi connectivity index (χ4v) is 3.91. The number of benzene rings is 1. The Balaban J connectivity index is 1.38. The molecule has 1 saturated heterocycles. The minimum absolute atomic E-state index is 0.578. The van der Waals surface area contributed by atoms with E-state index in [0.29, 0.717) is 12.1 Å². The van der Waals surface area contributed by atoms with E-state index < -0.39 is 0 Å². The Labute approximate surface area is 155 Å². The standard InChI is InChI=1S/C21H25N5/c1-16-12-21(24-15-23-16)26(19-6-7-19)20-8-10-25(11-9-20)14-18-4-2-17(13-22)3-5-18/h2-5,12,15,19-20H,6-11,14H2,1H3. The van der Waals surface area contributed by atoms with Gasteiger partial charge in [-0.1, -0.05) is 12.1 Å². The van der Waals surface area contributed by atoms with Crippen molar-refractivity contribution in [2.75, 3.05) is 18.0 Å². The van der Waals surface area contributed by atoms with Gasteiger partial charge in [0.1, 0.15) is 12.1 Å². The van der Waals surface area contributed by atoms with Crippen molar-refractivity contribution in [3.63, 3.8) is 0 Å². The van der Waals surface area contributed by atoms with Gasteiger partial charge in [0.25, 0.3) is 0 Å². The van der Waals surface area contributed by atoms with Gasteiger partial charge >= 0.3 is 0 Å². The highest BCUT2D eigenvalue weighted by Crippen LogP contribution is 2.35. The summed E-state index contributed by atoms with van der Waals surface area (Å²) in [6.45, 7) is 5.22. The highest BCUT2D eigenvalue weighted by atomic mass is 15.3. The van der Waals surface area contributed by atoms with E-state index in [2.05, 4.69) is 44.0 Å². The topological polar surface area (TPSA) is 56.0 Å². The predicted octanol–water partition coefficient (Wildman–Crippen LogP) is 3.29. The summed E-state index contributed by atoms with van der Waals surface area (Å²) in [5, 5.41) is 8.92. The van der Waals surface area contributed by atoms with Crippen molar-refractivity contribution < 1.29 is 0 Å². The highest BCUT2D eigenvalue weighted by Gasteiger charge is 2.36. The van der Waals surface area contributed by atoms with Crippen molar-refractivity contribution in [2.24, 2.45) is 0 Å². The Morgan fingerprint density at radius 1 is 1.08 bits per heavy atom. The third kappa shape index (κ3) is 3.86. The monoisotopic (exact) mass is 347 g/mol. The number of piperidine rings is 1. The quantitative estimate of drug-likeness (QED) is 0.831. The first-order valence-electron chi connectivity index (χ1n) is 9.51. The average Bonchev–Trinajstić information content (AvgIpc) is 3.49. The van der Waals surface area contributed by atoms with Gasteiger partial charge in [-0.25, -0.2) is 9.97 Å². The lowest BCUT2D eigenvalue weighted by atomic mass is 10.0. The van der Waals surface area contributed by atoms with Crippen molar-refractivity contribution in [1.82, 2.24) is 14.9 Å². The Bertz CT molecular complexity index is 783. The lowest BCUT2D eigenvalue weighted by Crippen LogP contribution is -2.46. The summed E-state index contributed by atoms with van der Waals surface area (Å²) in [7, 11) is 0. The maximum Gasteiger partial charge on any atom is 0.132 e. The third-order valence-electron chi connectivity index (χ3n) is 5.43. The Kier molecular flexibility index (Phi) is 4.85. The number of nitrogens with zero attached hydrogens (tertiary/aromatic N) is 5. The van der Waals surface area contributed by atoms with E-state index in [0.717, 1.165) is 36.7 Å². The number of hydrogen-bond donors (Lipinski definition) is 0. The van der Waals surface area contributed by atoms with Gasteiger partial charge in [0, 0.05) is 43.5 Å². The van der Waals surface area contributed by atoms with E-state index in [-0.39, 0.29) is 0 Å². The number of likely N-dealkylation sites (tertiary alicyclic amines) is 1. The summed E-state index contributed by atoms with van der Waals surface area (Å²) in [6.07, 6.45) is 6.62. The maximum atomic E-state index is 8.92. The van der Waals surface area contributed by atoms with E-state index in [9.17, 15) is 0 Å². The fourth-order valence-electron chi connectivity index (χ4n) is 3.91. The van der Waals surface area contributed by atoms with Gasteiger partial charge in [0.2, 0.25) is 0 Å². The molecule has 1 aromatic carbocycles. The van der Waals surface area contributed by atoms with Crippen molar-refractivity contribution in [1.29, 1.82) is 5.26 Å². The van der Waals surface area contributed by atoms with Crippen molar-refractivity contribution in [2.45, 2.75) is 51.2 Å². The van der Waals surface area contributed by atoms with Crippen LogP contribution in [0.2, 0.25) is 0 Å². The maximum absolute atomic E-state index is 8.92. The minimum Gasteiger partial charge on any atom is -0.350 e. The van der Waals surface area contributed by atoms with Crippen LogP contribution in [-0.4, -0.2) is 40.0 Å². The van der Waals surface area contributed by atoms with Gasteiger partial charge in [-0.15, -0.1) is 0 Å². The van der Waals surface area contributed by atoms with Gasteiger partial charge in [-0.3, -0.25) is 4.90 Å². The van der Waals surface area contributed by atoms with Crippen LogP contribution >= 0.6 is 0 Å².